The number of carbonyl (C=O) groups excluding carboxylic acids is 1. The van der Waals surface area contributed by atoms with Gasteiger partial charge in [-0.25, -0.2) is 4.39 Å². The number of nitrogens with two attached hydrogens (primary N) is 1. The van der Waals surface area contributed by atoms with Gasteiger partial charge in [0, 0.05) is 24.1 Å². The van der Waals surface area contributed by atoms with Crippen molar-refractivity contribution in [2.75, 3.05) is 13.2 Å². The molecule has 0 amide bonds. The van der Waals surface area contributed by atoms with Gasteiger partial charge in [-0.3, -0.25) is 4.79 Å². The van der Waals surface area contributed by atoms with E-state index < -0.39 is 0 Å². The zero-order valence-electron chi connectivity index (χ0n) is 12.2. The molecule has 2 rings (SSSR count). The van der Waals surface area contributed by atoms with Crippen molar-refractivity contribution < 1.29 is 13.9 Å². The highest BCUT2D eigenvalue weighted by Gasteiger charge is 2.07. The molecule has 3 nitrogen and oxygen atoms in total. The van der Waals surface area contributed by atoms with Gasteiger partial charge in [0.1, 0.15) is 12.4 Å². The van der Waals surface area contributed by atoms with Crippen molar-refractivity contribution in [2.24, 2.45) is 5.73 Å². The van der Waals surface area contributed by atoms with E-state index in [0.29, 0.717) is 29.6 Å². The monoisotopic (exact) mass is 299 g/mol. The molecule has 0 aliphatic rings. The van der Waals surface area contributed by atoms with Crippen LogP contribution in [0.2, 0.25) is 0 Å². The van der Waals surface area contributed by atoms with Crippen molar-refractivity contribution >= 4 is 5.78 Å². The fourth-order valence-corrected chi connectivity index (χ4v) is 1.93. The van der Waals surface area contributed by atoms with Crippen LogP contribution in [0, 0.1) is 0 Å². The lowest BCUT2D eigenvalue weighted by Gasteiger charge is -2.08. The van der Waals surface area contributed by atoms with Gasteiger partial charge in [-0.2, -0.15) is 0 Å². The van der Waals surface area contributed by atoms with E-state index in [-0.39, 0.29) is 18.9 Å². The van der Waals surface area contributed by atoms with Crippen molar-refractivity contribution in [1.82, 2.24) is 0 Å². The van der Waals surface area contributed by atoms with Crippen LogP contribution in [0.5, 0.6) is 5.75 Å². The Morgan fingerprint density at radius 2 is 1.77 bits per heavy atom. The van der Waals surface area contributed by atoms with Crippen LogP contribution in [-0.2, 0) is 6.42 Å². The average molecular weight is 299 g/mol. The SMILES string of the molecule is NCC(=CF)COc1ccc(C(=O)Cc2ccccc2)cc1. The maximum absolute atomic E-state index is 12.4. The lowest BCUT2D eigenvalue weighted by atomic mass is 10.0. The molecule has 0 aromatic heterocycles. The molecule has 2 aromatic rings. The number of hydrogen-bond acceptors (Lipinski definition) is 3. The van der Waals surface area contributed by atoms with E-state index in [0.717, 1.165) is 5.56 Å². The molecule has 0 saturated heterocycles. The maximum atomic E-state index is 12.4. The molecule has 114 valence electrons. The molecular weight excluding hydrogens is 281 g/mol. The Bertz CT molecular complexity index is 636. The van der Waals surface area contributed by atoms with Crippen LogP contribution >= 0.6 is 0 Å². The van der Waals surface area contributed by atoms with Crippen molar-refractivity contribution in [3.8, 4) is 5.75 Å². The van der Waals surface area contributed by atoms with Gasteiger partial charge in [0.25, 0.3) is 0 Å². The standard InChI is InChI=1S/C18H18FNO2/c19-11-15(12-20)13-22-17-8-6-16(7-9-17)18(21)10-14-4-2-1-3-5-14/h1-9,11H,10,12-13,20H2. The summed E-state index contributed by atoms with van der Waals surface area (Å²) in [4.78, 5) is 12.2. The predicted octanol–water partition coefficient (Wildman–Crippen LogP) is 3.30. The maximum Gasteiger partial charge on any atom is 0.167 e. The van der Waals surface area contributed by atoms with Crippen LogP contribution < -0.4 is 10.5 Å². The number of hydrogen-bond donors (Lipinski definition) is 1. The number of halogens is 1. The first-order valence-corrected chi connectivity index (χ1v) is 7.01. The van der Waals surface area contributed by atoms with Crippen LogP contribution in [0.1, 0.15) is 15.9 Å². The minimum absolute atomic E-state index is 0.0454. The zero-order valence-corrected chi connectivity index (χ0v) is 12.2. The lowest BCUT2D eigenvalue weighted by molar-refractivity contribution is 0.0993. The summed E-state index contributed by atoms with van der Waals surface area (Å²) in [6.45, 7) is 0.217. The first-order valence-electron chi connectivity index (χ1n) is 7.01. The molecule has 22 heavy (non-hydrogen) atoms. The van der Waals surface area contributed by atoms with Gasteiger partial charge in [-0.15, -0.1) is 0 Å². The minimum Gasteiger partial charge on any atom is -0.489 e. The van der Waals surface area contributed by atoms with Crippen LogP contribution in [0.4, 0.5) is 4.39 Å². The highest BCUT2D eigenvalue weighted by atomic mass is 19.1. The number of carbonyl (C=O) groups is 1. The van der Waals surface area contributed by atoms with Gasteiger partial charge in [0.15, 0.2) is 5.78 Å². The smallest absolute Gasteiger partial charge is 0.167 e. The summed E-state index contributed by atoms with van der Waals surface area (Å²) in [6, 6.07) is 16.4. The zero-order chi connectivity index (χ0) is 15.8. The Balaban J connectivity index is 1.95. The van der Waals surface area contributed by atoms with E-state index in [1.165, 1.54) is 0 Å². The summed E-state index contributed by atoms with van der Waals surface area (Å²) in [6.07, 6.45) is 0.820. The fraction of sp³-hybridized carbons (Fsp3) is 0.167. The number of ether oxygens (including phenoxy) is 1. The topological polar surface area (TPSA) is 52.3 Å². The Hall–Kier alpha value is -2.46. The van der Waals surface area contributed by atoms with Gasteiger partial charge in [-0.05, 0) is 29.8 Å². The van der Waals surface area contributed by atoms with Gasteiger partial charge >= 0.3 is 0 Å². The summed E-state index contributed by atoms with van der Waals surface area (Å²) in [7, 11) is 0. The summed E-state index contributed by atoms with van der Waals surface area (Å²) >= 11 is 0. The van der Waals surface area contributed by atoms with Crippen molar-refractivity contribution in [3.05, 3.63) is 77.6 Å². The second-order valence-electron chi connectivity index (χ2n) is 4.87. The second kappa shape index (κ2) is 8.10. The molecule has 0 heterocycles. The third kappa shape index (κ3) is 4.53. The summed E-state index contributed by atoms with van der Waals surface area (Å²) in [5.41, 5.74) is 7.33. The molecule has 0 aliphatic heterocycles. The van der Waals surface area contributed by atoms with E-state index in [1.54, 1.807) is 24.3 Å². The molecule has 0 spiro atoms. The van der Waals surface area contributed by atoms with Crippen molar-refractivity contribution in [1.29, 1.82) is 0 Å². The largest absolute Gasteiger partial charge is 0.489 e. The minimum atomic E-state index is 0.0454. The van der Waals surface area contributed by atoms with Gasteiger partial charge in [0.05, 0.1) is 6.33 Å². The third-order valence-corrected chi connectivity index (χ3v) is 3.22. The summed E-state index contributed by atoms with van der Waals surface area (Å²) in [5, 5.41) is 0. The molecule has 4 heteroatoms. The first-order chi connectivity index (χ1) is 10.7. The molecule has 0 radical (unpaired) electrons. The molecule has 0 atom stereocenters. The Morgan fingerprint density at radius 3 is 2.36 bits per heavy atom. The number of benzene rings is 2. The van der Waals surface area contributed by atoms with Gasteiger partial charge in [0.2, 0.25) is 0 Å². The highest BCUT2D eigenvalue weighted by molar-refractivity contribution is 5.97. The van der Waals surface area contributed by atoms with Crippen LogP contribution in [0.3, 0.4) is 0 Å². The van der Waals surface area contributed by atoms with E-state index in [2.05, 4.69) is 0 Å². The van der Waals surface area contributed by atoms with Crippen LogP contribution in [-0.4, -0.2) is 18.9 Å². The Labute approximate surface area is 129 Å². The summed E-state index contributed by atoms with van der Waals surface area (Å²) in [5.74, 6) is 0.619. The van der Waals surface area contributed by atoms with Crippen LogP contribution in [0.25, 0.3) is 0 Å². The molecule has 0 bridgehead atoms. The van der Waals surface area contributed by atoms with Crippen LogP contribution in [0.15, 0.2) is 66.5 Å². The first kappa shape index (κ1) is 15.9. The number of Topliss-reactive ketones (excluding diaryl/α,β-unsaturated/α-hetero) is 1. The normalized spacial score (nSPS) is 11.3. The lowest BCUT2D eigenvalue weighted by Crippen LogP contribution is -2.10. The fourth-order valence-electron chi connectivity index (χ4n) is 1.93. The van der Waals surface area contributed by atoms with Gasteiger partial charge < -0.3 is 10.5 Å². The highest BCUT2D eigenvalue weighted by Crippen LogP contribution is 2.15. The Kier molecular flexibility index (Phi) is 5.86. The molecule has 0 unspecified atom stereocenters. The average Bonchev–Trinajstić information content (AvgIpc) is 2.57. The molecule has 0 aliphatic carbocycles. The van der Waals surface area contributed by atoms with Gasteiger partial charge in [-0.1, -0.05) is 30.3 Å². The van der Waals surface area contributed by atoms with Crippen molar-refractivity contribution in [3.63, 3.8) is 0 Å². The van der Waals surface area contributed by atoms with E-state index in [4.69, 9.17) is 10.5 Å². The Morgan fingerprint density at radius 1 is 1.09 bits per heavy atom. The quantitative estimate of drug-likeness (QED) is 0.798. The molecule has 0 fully saturated rings. The predicted molar refractivity (Wildman–Crippen MR) is 84.7 cm³/mol. The van der Waals surface area contributed by atoms with Crippen molar-refractivity contribution in [2.45, 2.75) is 6.42 Å². The molecular formula is C18H18FNO2. The summed E-state index contributed by atoms with van der Waals surface area (Å²) < 4.78 is 17.8. The number of ketones is 1. The van der Waals surface area contributed by atoms with E-state index in [9.17, 15) is 9.18 Å². The van der Waals surface area contributed by atoms with E-state index in [1.807, 2.05) is 30.3 Å². The second-order valence-corrected chi connectivity index (χ2v) is 4.87. The third-order valence-electron chi connectivity index (χ3n) is 3.22. The molecule has 2 aromatic carbocycles. The molecule has 0 saturated carbocycles. The number of rotatable bonds is 7. The van der Waals surface area contributed by atoms with E-state index >= 15 is 0 Å². The molecule has 2 N–H and O–H groups in total.